The van der Waals surface area contributed by atoms with Crippen molar-refractivity contribution >= 4 is 30.2 Å². The van der Waals surface area contributed by atoms with Gasteiger partial charge in [0.15, 0.2) is 0 Å². The Balaban J connectivity index is 1.57. The molecule has 0 nitrogen and oxygen atoms in total. The molecule has 0 heterocycles. The van der Waals surface area contributed by atoms with Gasteiger partial charge in [0.1, 0.15) is 0 Å². The van der Waals surface area contributed by atoms with Crippen LogP contribution in [0.5, 0.6) is 0 Å². The van der Waals surface area contributed by atoms with Crippen molar-refractivity contribution in [3.8, 4) is 11.8 Å². The Labute approximate surface area is 173 Å². The molecule has 0 aliphatic heterocycles. The maximum atomic E-state index is 3.27. The van der Waals surface area contributed by atoms with Gasteiger partial charge >= 0.3 is 173 Å². The van der Waals surface area contributed by atoms with Crippen molar-refractivity contribution in [2.45, 2.75) is 5.32 Å². The molecule has 0 saturated carbocycles. The summed E-state index contributed by atoms with van der Waals surface area (Å²) in [7, 11) is 0. The van der Waals surface area contributed by atoms with Gasteiger partial charge in [-0.3, -0.25) is 0 Å². The summed E-state index contributed by atoms with van der Waals surface area (Å²) in [6.45, 7) is 0. The maximum absolute atomic E-state index is 3.27. The first kappa shape index (κ1) is 18.3. The van der Waals surface area contributed by atoms with Crippen LogP contribution in [0.25, 0.3) is 15.2 Å². The van der Waals surface area contributed by atoms with E-state index in [1.807, 2.05) is 30.3 Å². The fourth-order valence-corrected chi connectivity index (χ4v) is 4.99. The van der Waals surface area contributed by atoms with Gasteiger partial charge in [-0.2, -0.15) is 0 Å². The molecule has 0 aliphatic rings. The molecule has 134 valence electrons. The minimum absolute atomic E-state index is 0.315. The number of rotatable bonds is 4. The van der Waals surface area contributed by atoms with Crippen LogP contribution in [0.2, 0.25) is 0 Å². The predicted molar refractivity (Wildman–Crippen MR) is 121 cm³/mol. The zero-order valence-electron chi connectivity index (χ0n) is 15.5. The Kier molecular flexibility index (Phi) is 6.05. The normalized spacial score (nSPS) is 11.1. The van der Waals surface area contributed by atoms with Gasteiger partial charge < -0.3 is 0 Å². The molecule has 0 atom stereocenters. The zero-order chi connectivity index (χ0) is 19.0. The topological polar surface area (TPSA) is 0 Å². The Morgan fingerprint density at radius 3 is 2.18 bits per heavy atom. The zero-order valence-corrected chi connectivity index (χ0v) is 17.2. The van der Waals surface area contributed by atoms with E-state index in [0.29, 0.717) is 15.0 Å². The second-order valence-corrected chi connectivity index (χ2v) is 8.61. The van der Waals surface area contributed by atoms with Crippen molar-refractivity contribution in [2.75, 3.05) is 0 Å². The molecular weight excluding hydrogens is 403 g/mol. The van der Waals surface area contributed by atoms with Crippen molar-refractivity contribution in [3.63, 3.8) is 0 Å². The Bertz CT molecular complexity index is 1150. The molecule has 1 heteroatoms. The van der Waals surface area contributed by atoms with Gasteiger partial charge in [-0.05, 0) is 0 Å². The van der Waals surface area contributed by atoms with Gasteiger partial charge in [-0.15, -0.1) is 0 Å². The average molecular weight is 423 g/mol. The molecule has 0 aromatic heterocycles. The third-order valence-corrected chi connectivity index (χ3v) is 6.86. The second-order valence-electron chi connectivity index (χ2n) is 6.48. The summed E-state index contributed by atoms with van der Waals surface area (Å²) < 4.78 is 1.34. The first-order valence-electron chi connectivity index (χ1n) is 9.31. The van der Waals surface area contributed by atoms with Gasteiger partial charge in [0, 0.05) is 0 Å². The fourth-order valence-electron chi connectivity index (χ4n) is 3.01. The quantitative estimate of drug-likeness (QED) is 0.273. The van der Waals surface area contributed by atoms with E-state index in [0.717, 1.165) is 10.9 Å². The molecule has 4 aromatic carbocycles. The Morgan fingerprint density at radius 2 is 1.39 bits per heavy atom. The first-order chi connectivity index (χ1) is 13.9. The molecule has 4 rings (SSSR count). The van der Waals surface area contributed by atoms with E-state index in [2.05, 4.69) is 90.7 Å². The molecule has 0 fully saturated rings. The monoisotopic (exact) mass is 424 g/mol. The Hall–Kier alpha value is -3.04. The van der Waals surface area contributed by atoms with E-state index in [1.54, 1.807) is 0 Å². The van der Waals surface area contributed by atoms with Crippen molar-refractivity contribution in [2.24, 2.45) is 0 Å². The van der Waals surface area contributed by atoms with Crippen LogP contribution in [0.15, 0.2) is 109 Å². The van der Waals surface area contributed by atoms with E-state index < -0.39 is 0 Å². The van der Waals surface area contributed by atoms with Gasteiger partial charge in [0.25, 0.3) is 0 Å². The number of fused-ring (bicyclic) bond motifs is 1. The van der Waals surface area contributed by atoms with Crippen molar-refractivity contribution in [1.82, 2.24) is 0 Å². The van der Waals surface area contributed by atoms with Crippen LogP contribution >= 0.6 is 0 Å². The summed E-state index contributed by atoms with van der Waals surface area (Å²) in [6, 6.07) is 36.1. The van der Waals surface area contributed by atoms with E-state index in [-0.39, 0.29) is 0 Å². The van der Waals surface area contributed by atoms with Crippen molar-refractivity contribution in [3.05, 3.63) is 126 Å². The molecule has 0 unspecified atom stereocenters. The van der Waals surface area contributed by atoms with Crippen LogP contribution in [-0.4, -0.2) is 15.0 Å². The molecule has 0 aliphatic carbocycles. The molecule has 0 bridgehead atoms. The molecular formula is C27H20Se. The van der Waals surface area contributed by atoms with Crippen LogP contribution in [0.4, 0.5) is 0 Å². The predicted octanol–water partition coefficient (Wildman–Crippen LogP) is 6.14. The molecule has 4 aromatic rings. The molecule has 0 radical (unpaired) electrons. The van der Waals surface area contributed by atoms with Crippen LogP contribution in [0.3, 0.4) is 0 Å². The summed E-state index contributed by atoms with van der Waals surface area (Å²) in [5.74, 6) is 6.52. The van der Waals surface area contributed by atoms with Crippen LogP contribution < -0.4 is 0 Å². The van der Waals surface area contributed by atoms with Crippen molar-refractivity contribution in [1.29, 1.82) is 0 Å². The standard InChI is InChI=1S/C27H20Se/c1-3-10-22(11-4-1)12-9-17-27(25-14-5-2-6-15-25)28-21-23-18-19-24-13-7-8-16-26(24)20-23/h1-8,10-11,13-20H,21H2/b27-17-. The van der Waals surface area contributed by atoms with Gasteiger partial charge in [0.05, 0.1) is 0 Å². The number of hydrogen-bond donors (Lipinski definition) is 0. The van der Waals surface area contributed by atoms with E-state index >= 15 is 0 Å². The number of benzene rings is 4. The van der Waals surface area contributed by atoms with E-state index in [4.69, 9.17) is 0 Å². The third kappa shape index (κ3) is 4.81. The summed E-state index contributed by atoms with van der Waals surface area (Å²) in [6.07, 6.45) is 2.10. The van der Waals surface area contributed by atoms with Crippen molar-refractivity contribution < 1.29 is 0 Å². The number of hydrogen-bond acceptors (Lipinski definition) is 0. The van der Waals surface area contributed by atoms with Gasteiger partial charge in [-0.25, -0.2) is 0 Å². The summed E-state index contributed by atoms with van der Waals surface area (Å²) >= 11 is 0.315. The first-order valence-corrected chi connectivity index (χ1v) is 11.4. The number of allylic oxidation sites excluding steroid dienone is 1. The van der Waals surface area contributed by atoms with E-state index in [9.17, 15) is 0 Å². The molecule has 0 amide bonds. The van der Waals surface area contributed by atoms with Crippen LogP contribution in [-0.2, 0) is 5.32 Å². The summed E-state index contributed by atoms with van der Waals surface area (Å²) in [4.78, 5) is 0. The minimum atomic E-state index is 0.315. The van der Waals surface area contributed by atoms with Gasteiger partial charge in [-0.1, -0.05) is 0 Å². The summed E-state index contributed by atoms with van der Waals surface area (Å²) in [5, 5.41) is 3.67. The molecule has 0 saturated heterocycles. The molecule has 0 spiro atoms. The van der Waals surface area contributed by atoms with Crippen LogP contribution in [0, 0.1) is 11.8 Å². The summed E-state index contributed by atoms with van der Waals surface area (Å²) in [5.41, 5.74) is 3.70. The SMILES string of the molecule is C(#Cc1ccccc1)/C=C(\[Se]Cc1ccc2ccccc2c1)c1ccccc1. The third-order valence-electron chi connectivity index (χ3n) is 4.46. The molecule has 28 heavy (non-hydrogen) atoms. The molecule has 0 N–H and O–H groups in total. The van der Waals surface area contributed by atoms with Crippen LogP contribution in [0.1, 0.15) is 16.7 Å². The van der Waals surface area contributed by atoms with Gasteiger partial charge in [0.2, 0.25) is 0 Å². The Morgan fingerprint density at radius 1 is 0.714 bits per heavy atom. The fraction of sp³-hybridized carbons (Fsp3) is 0.0370. The average Bonchev–Trinajstić information content (AvgIpc) is 2.77. The second kappa shape index (κ2) is 9.25. The van der Waals surface area contributed by atoms with E-state index in [1.165, 1.54) is 26.4 Å².